The Kier molecular flexibility index (Phi) is 17.2. The van der Waals surface area contributed by atoms with Crippen LogP contribution in [-0.4, -0.2) is 33.4 Å². The van der Waals surface area contributed by atoms with Gasteiger partial charge in [-0.2, -0.15) is 0 Å². The molecule has 6 rings (SSSR count). The molecule has 0 aliphatic heterocycles. The number of hydrogen-bond donors (Lipinski definition) is 3. The van der Waals surface area contributed by atoms with E-state index in [4.69, 9.17) is 9.90 Å². The molecule has 0 aromatic heterocycles. The van der Waals surface area contributed by atoms with Gasteiger partial charge >= 0.3 is 5.97 Å². The molecule has 0 heterocycles. The van der Waals surface area contributed by atoms with Gasteiger partial charge in [-0.3, -0.25) is 9.59 Å². The molecule has 6 aliphatic rings. The molecule has 3 atom stereocenters. The first kappa shape index (κ1) is 39.6. The molecule has 3 unspecified atom stereocenters. The van der Waals surface area contributed by atoms with Crippen LogP contribution in [-0.2, 0) is 9.59 Å². The number of aliphatic carboxylic acids is 2. The summed E-state index contributed by atoms with van der Waals surface area (Å²) < 4.78 is 0. The first-order chi connectivity index (χ1) is 23.9. The minimum absolute atomic E-state index is 0.0249. The number of allylic oxidation sites excluding steroid dienone is 4. The molecule has 0 amide bonds. The third kappa shape index (κ3) is 11.4. The van der Waals surface area contributed by atoms with E-state index in [0.29, 0.717) is 5.92 Å². The quantitative estimate of drug-likeness (QED) is 0.257. The van der Waals surface area contributed by atoms with Crippen molar-refractivity contribution in [2.24, 2.45) is 17.3 Å². The minimum atomic E-state index is -0.877. The van der Waals surface area contributed by atoms with Gasteiger partial charge in [0.25, 0.3) is 5.97 Å². The number of carboxylic acids is 2. The second kappa shape index (κ2) is 21.3. The maximum Gasteiger partial charge on any atom is 0.322 e. The fraction of sp³-hybridized carbons (Fsp3) is 0.773. The Morgan fingerprint density at radius 3 is 1.37 bits per heavy atom. The molecule has 0 radical (unpaired) electrons. The fourth-order valence-corrected chi connectivity index (χ4v) is 10.1. The second-order valence-corrected chi connectivity index (χ2v) is 16.0. The summed E-state index contributed by atoms with van der Waals surface area (Å²) in [5.74, 6) is 0.0404. The smallest absolute Gasteiger partial charge is 0.322 e. The molecule has 3 N–H and O–H groups in total. The molecule has 6 aliphatic carbocycles. The van der Waals surface area contributed by atoms with Gasteiger partial charge in [-0.15, -0.1) is 0 Å². The van der Waals surface area contributed by atoms with Crippen LogP contribution in [0.2, 0.25) is 0 Å². The lowest BCUT2D eigenvalue weighted by Gasteiger charge is -2.39. The molecule has 2 fully saturated rings. The van der Waals surface area contributed by atoms with Gasteiger partial charge in [0.15, 0.2) is 0 Å². The van der Waals surface area contributed by atoms with Gasteiger partial charge in [0.1, 0.15) is 5.41 Å². The van der Waals surface area contributed by atoms with E-state index < -0.39 is 17.4 Å². The van der Waals surface area contributed by atoms with Crippen LogP contribution in [0.3, 0.4) is 0 Å². The van der Waals surface area contributed by atoms with Crippen LogP contribution in [0.1, 0.15) is 193 Å². The summed E-state index contributed by atoms with van der Waals surface area (Å²) in [4.78, 5) is 22.7. The highest BCUT2D eigenvalue weighted by atomic mass is 16.4. The molecule has 2 bridgehead atoms. The summed E-state index contributed by atoms with van der Waals surface area (Å²) in [6, 6.07) is 0. The van der Waals surface area contributed by atoms with E-state index in [1.54, 1.807) is 11.1 Å². The minimum Gasteiger partial charge on any atom is -0.481 e. The summed E-state index contributed by atoms with van der Waals surface area (Å²) in [6.45, 7) is 1.08. The molecule has 276 valence electrons. The van der Waals surface area contributed by atoms with Crippen LogP contribution >= 0.6 is 0 Å². The summed E-state index contributed by atoms with van der Waals surface area (Å²) >= 11 is 0. The Labute approximate surface area is 298 Å². The van der Waals surface area contributed by atoms with Crippen LogP contribution in [0.15, 0.2) is 46.1 Å². The van der Waals surface area contributed by atoms with E-state index in [1.165, 1.54) is 139 Å². The van der Waals surface area contributed by atoms with Gasteiger partial charge in [0.05, 0.1) is 6.10 Å². The van der Waals surface area contributed by atoms with Crippen molar-refractivity contribution in [2.45, 2.75) is 199 Å². The SMILES string of the molecule is CC(=O)O.O=C(O)C(C1=CCCCCCCCC1)(C1=CCCCCCCCC1)C1=CCCCCCCCC1.OC1CC2=C3CCCC3C1C2. The maximum absolute atomic E-state index is 13.7. The lowest BCUT2D eigenvalue weighted by molar-refractivity contribution is -0.143. The molecule has 49 heavy (non-hydrogen) atoms. The van der Waals surface area contributed by atoms with Crippen molar-refractivity contribution in [3.05, 3.63) is 46.1 Å². The van der Waals surface area contributed by atoms with E-state index in [0.717, 1.165) is 77.0 Å². The Balaban J connectivity index is 0.000000292. The van der Waals surface area contributed by atoms with Crippen molar-refractivity contribution in [1.29, 1.82) is 0 Å². The Morgan fingerprint density at radius 2 is 0.959 bits per heavy atom. The Morgan fingerprint density at radius 1 is 0.571 bits per heavy atom. The van der Waals surface area contributed by atoms with E-state index in [2.05, 4.69) is 18.2 Å². The molecule has 0 aromatic carbocycles. The molecular formula is C44H70O5. The summed E-state index contributed by atoms with van der Waals surface area (Å²) in [5.41, 5.74) is 6.23. The first-order valence-corrected chi connectivity index (χ1v) is 20.8. The van der Waals surface area contributed by atoms with Gasteiger partial charge in [0.2, 0.25) is 0 Å². The first-order valence-electron chi connectivity index (χ1n) is 20.8. The molecular weight excluding hydrogens is 608 g/mol. The standard InChI is InChI=1S/C32H52O2.C10H14O.C2H4O2/c33-31(34)32(28-22-16-10-4-1-5-11-17-23-28,29-24-18-12-6-2-7-13-19-25-29)30-26-20-14-8-3-9-15-21-27-30;11-10-5-6-4-9(10)8-3-1-2-7(6)8;1-2(3)4/h22,24,26H,1-21,23,25,27H2,(H,33,34);8-11H,1-5H2;1H3,(H,3,4). The zero-order valence-corrected chi connectivity index (χ0v) is 31.1. The molecule has 0 saturated heterocycles. The van der Waals surface area contributed by atoms with E-state index in [1.807, 2.05) is 0 Å². The summed E-state index contributed by atoms with van der Waals surface area (Å²) in [5, 5.41) is 28.3. The van der Waals surface area contributed by atoms with Gasteiger partial charge in [-0.25, -0.2) is 0 Å². The van der Waals surface area contributed by atoms with Crippen molar-refractivity contribution < 1.29 is 24.9 Å². The number of hydrogen-bond acceptors (Lipinski definition) is 3. The van der Waals surface area contributed by atoms with Gasteiger partial charge in [0, 0.05) is 6.92 Å². The van der Waals surface area contributed by atoms with Gasteiger partial charge < -0.3 is 15.3 Å². The lowest BCUT2D eigenvalue weighted by Crippen LogP contribution is -2.38. The van der Waals surface area contributed by atoms with Crippen LogP contribution in [0.4, 0.5) is 0 Å². The molecule has 0 spiro atoms. The third-order valence-electron chi connectivity index (χ3n) is 12.5. The van der Waals surface area contributed by atoms with Crippen molar-refractivity contribution in [3.8, 4) is 0 Å². The zero-order valence-electron chi connectivity index (χ0n) is 31.1. The van der Waals surface area contributed by atoms with Crippen molar-refractivity contribution in [2.75, 3.05) is 0 Å². The number of fused-ring (bicyclic) bond motifs is 4. The van der Waals surface area contributed by atoms with Crippen molar-refractivity contribution in [1.82, 2.24) is 0 Å². The third-order valence-corrected chi connectivity index (χ3v) is 12.5. The van der Waals surface area contributed by atoms with Gasteiger partial charge in [-0.05, 0) is 138 Å². The highest BCUT2D eigenvalue weighted by Gasteiger charge is 2.48. The monoisotopic (exact) mass is 679 g/mol. The predicted octanol–water partition coefficient (Wildman–Crippen LogP) is 12.2. The van der Waals surface area contributed by atoms with Crippen LogP contribution in [0.25, 0.3) is 0 Å². The largest absolute Gasteiger partial charge is 0.481 e. The summed E-state index contributed by atoms with van der Waals surface area (Å²) in [6.07, 6.45) is 42.1. The van der Waals surface area contributed by atoms with E-state index in [9.17, 15) is 15.0 Å². The van der Waals surface area contributed by atoms with Crippen LogP contribution < -0.4 is 0 Å². The second-order valence-electron chi connectivity index (χ2n) is 16.0. The summed E-state index contributed by atoms with van der Waals surface area (Å²) in [7, 11) is 0. The number of aliphatic hydroxyl groups excluding tert-OH is 1. The number of rotatable bonds is 4. The normalized spacial score (nSPS) is 28.4. The number of carboxylic acid groups (broad SMARTS) is 2. The van der Waals surface area contributed by atoms with Crippen LogP contribution in [0.5, 0.6) is 0 Å². The molecule has 2 saturated carbocycles. The Hall–Kier alpha value is -2.14. The molecule has 0 aromatic rings. The van der Waals surface area contributed by atoms with E-state index >= 15 is 0 Å². The van der Waals surface area contributed by atoms with Crippen molar-refractivity contribution >= 4 is 11.9 Å². The highest BCUT2D eigenvalue weighted by Crippen LogP contribution is 2.55. The Bertz CT molecular complexity index is 1080. The predicted molar refractivity (Wildman–Crippen MR) is 202 cm³/mol. The van der Waals surface area contributed by atoms with E-state index in [-0.39, 0.29) is 6.10 Å². The van der Waals surface area contributed by atoms with Crippen molar-refractivity contribution in [3.63, 3.8) is 0 Å². The molecule has 5 nitrogen and oxygen atoms in total. The van der Waals surface area contributed by atoms with Crippen LogP contribution in [0, 0.1) is 17.3 Å². The fourth-order valence-electron chi connectivity index (χ4n) is 10.1. The number of carbonyl (C=O) groups is 2. The highest BCUT2D eigenvalue weighted by molar-refractivity contribution is 5.87. The number of aliphatic hydroxyl groups is 1. The van der Waals surface area contributed by atoms with Gasteiger partial charge in [-0.1, -0.05) is 106 Å². The average Bonchev–Trinajstić information content (AvgIpc) is 3.81. The average molecular weight is 679 g/mol. The molecule has 5 heteroatoms. The topological polar surface area (TPSA) is 94.8 Å². The lowest BCUT2D eigenvalue weighted by atomic mass is 9.63. The maximum atomic E-state index is 13.7. The zero-order chi connectivity index (χ0) is 34.9.